The number of rotatable bonds is 2. The van der Waals surface area contributed by atoms with Gasteiger partial charge in [-0.2, -0.15) is 0 Å². The van der Waals surface area contributed by atoms with E-state index in [1.54, 1.807) is 12.1 Å². The normalized spacial score (nSPS) is 23.6. The molecule has 18 heavy (non-hydrogen) atoms. The Bertz CT molecular complexity index is 428. The van der Waals surface area contributed by atoms with E-state index in [9.17, 15) is 4.39 Å². The summed E-state index contributed by atoms with van der Waals surface area (Å²) in [6.45, 7) is 6.17. The van der Waals surface area contributed by atoms with Gasteiger partial charge in [-0.05, 0) is 44.9 Å². The Labute approximate surface area is 108 Å². The van der Waals surface area contributed by atoms with E-state index >= 15 is 0 Å². The molecule has 0 spiro atoms. The van der Waals surface area contributed by atoms with Gasteiger partial charge in [-0.1, -0.05) is 24.2 Å². The Balaban J connectivity index is 2.02. The average molecular weight is 248 g/mol. The molecule has 1 aliphatic rings. The molecule has 1 aromatic rings. The molecule has 2 nitrogen and oxygen atoms in total. The SMILES string of the molecule is CC1CC(C)(C)OB(/C=C/c2ccc(F)cc2)O1. The molecule has 1 saturated heterocycles. The van der Waals surface area contributed by atoms with Crippen molar-refractivity contribution < 1.29 is 13.7 Å². The highest BCUT2D eigenvalue weighted by Crippen LogP contribution is 2.26. The highest BCUT2D eigenvalue weighted by Gasteiger charge is 2.35. The van der Waals surface area contributed by atoms with Crippen LogP contribution in [-0.2, 0) is 9.31 Å². The van der Waals surface area contributed by atoms with E-state index in [-0.39, 0.29) is 24.6 Å². The monoisotopic (exact) mass is 248 g/mol. The maximum Gasteiger partial charge on any atom is 0.486 e. The molecule has 0 saturated carbocycles. The van der Waals surface area contributed by atoms with E-state index in [1.165, 1.54) is 12.1 Å². The van der Waals surface area contributed by atoms with Gasteiger partial charge in [0.2, 0.25) is 0 Å². The molecule has 96 valence electrons. The lowest BCUT2D eigenvalue weighted by Gasteiger charge is -2.37. The molecule has 1 aromatic carbocycles. The Morgan fingerprint density at radius 1 is 1.33 bits per heavy atom. The molecule has 0 radical (unpaired) electrons. The lowest BCUT2D eigenvalue weighted by Crippen LogP contribution is -2.45. The van der Waals surface area contributed by atoms with E-state index in [1.807, 2.05) is 19.0 Å². The van der Waals surface area contributed by atoms with Gasteiger partial charge in [-0.25, -0.2) is 4.39 Å². The summed E-state index contributed by atoms with van der Waals surface area (Å²) in [7, 11) is -0.339. The van der Waals surface area contributed by atoms with Crippen LogP contribution in [-0.4, -0.2) is 18.8 Å². The van der Waals surface area contributed by atoms with Gasteiger partial charge in [0.25, 0.3) is 0 Å². The molecular formula is C14H18BFO2. The Kier molecular flexibility index (Phi) is 3.88. The van der Waals surface area contributed by atoms with Gasteiger partial charge < -0.3 is 9.31 Å². The smallest absolute Gasteiger partial charge is 0.405 e. The van der Waals surface area contributed by atoms with Crippen LogP contribution in [0.5, 0.6) is 0 Å². The van der Waals surface area contributed by atoms with Crippen molar-refractivity contribution in [1.82, 2.24) is 0 Å². The zero-order valence-electron chi connectivity index (χ0n) is 11.0. The maximum atomic E-state index is 12.8. The highest BCUT2D eigenvalue weighted by molar-refractivity contribution is 6.52. The third-order valence-corrected chi connectivity index (χ3v) is 2.90. The predicted octanol–water partition coefficient (Wildman–Crippen LogP) is 3.47. The highest BCUT2D eigenvalue weighted by atomic mass is 19.1. The summed E-state index contributed by atoms with van der Waals surface area (Å²) in [5.74, 6) is 1.64. The fraction of sp³-hybridized carbons (Fsp3) is 0.429. The maximum absolute atomic E-state index is 12.8. The molecule has 0 N–H and O–H groups in total. The first-order valence-electron chi connectivity index (χ1n) is 6.22. The van der Waals surface area contributed by atoms with Crippen LogP contribution in [0.4, 0.5) is 4.39 Å². The van der Waals surface area contributed by atoms with E-state index in [0.717, 1.165) is 12.0 Å². The molecule has 0 bridgehead atoms. The molecule has 2 rings (SSSR count). The quantitative estimate of drug-likeness (QED) is 0.746. The van der Waals surface area contributed by atoms with Crippen molar-refractivity contribution in [3.8, 4) is 0 Å². The van der Waals surface area contributed by atoms with Gasteiger partial charge in [0.1, 0.15) is 5.82 Å². The number of hydrogen-bond acceptors (Lipinski definition) is 2. The van der Waals surface area contributed by atoms with E-state index < -0.39 is 0 Å². The second-order valence-corrected chi connectivity index (χ2v) is 5.31. The van der Waals surface area contributed by atoms with Crippen molar-refractivity contribution in [1.29, 1.82) is 0 Å². The van der Waals surface area contributed by atoms with Crippen molar-refractivity contribution in [2.75, 3.05) is 0 Å². The van der Waals surface area contributed by atoms with Crippen LogP contribution in [0.3, 0.4) is 0 Å². The van der Waals surface area contributed by atoms with Crippen LogP contribution in [0.15, 0.2) is 30.2 Å². The molecule has 0 aliphatic carbocycles. The largest absolute Gasteiger partial charge is 0.486 e. The number of hydrogen-bond donors (Lipinski definition) is 0. The van der Waals surface area contributed by atoms with Crippen LogP contribution in [0.25, 0.3) is 6.08 Å². The third kappa shape index (κ3) is 3.69. The van der Waals surface area contributed by atoms with Crippen molar-refractivity contribution in [2.45, 2.75) is 38.9 Å². The molecular weight excluding hydrogens is 230 g/mol. The summed E-state index contributed by atoms with van der Waals surface area (Å²) in [5.41, 5.74) is 0.759. The fourth-order valence-corrected chi connectivity index (χ4v) is 2.21. The van der Waals surface area contributed by atoms with E-state index in [0.29, 0.717) is 0 Å². The van der Waals surface area contributed by atoms with Gasteiger partial charge >= 0.3 is 7.12 Å². The lowest BCUT2D eigenvalue weighted by atomic mass is 9.82. The zero-order chi connectivity index (χ0) is 13.2. The summed E-state index contributed by atoms with van der Waals surface area (Å²) < 4.78 is 24.3. The minimum absolute atomic E-state index is 0.171. The minimum atomic E-state index is -0.339. The van der Waals surface area contributed by atoms with Crippen LogP contribution in [0.2, 0.25) is 0 Å². The molecule has 1 heterocycles. The van der Waals surface area contributed by atoms with Gasteiger partial charge in [-0.15, -0.1) is 0 Å². The summed E-state index contributed by atoms with van der Waals surface area (Å²) in [6.07, 6.45) is 2.95. The van der Waals surface area contributed by atoms with Gasteiger partial charge in [0.05, 0.1) is 5.60 Å². The average Bonchev–Trinajstić information content (AvgIpc) is 2.25. The number of benzene rings is 1. The molecule has 1 unspecified atom stereocenters. The van der Waals surface area contributed by atoms with E-state index in [2.05, 4.69) is 13.8 Å². The first-order valence-corrected chi connectivity index (χ1v) is 6.22. The second kappa shape index (κ2) is 5.25. The van der Waals surface area contributed by atoms with Crippen LogP contribution in [0.1, 0.15) is 32.8 Å². The molecule has 0 amide bonds. The Morgan fingerprint density at radius 3 is 2.61 bits per heavy atom. The first-order chi connectivity index (χ1) is 8.44. The Hall–Kier alpha value is -1.13. The number of halogens is 1. The lowest BCUT2D eigenvalue weighted by molar-refractivity contribution is -0.0235. The molecule has 4 heteroatoms. The van der Waals surface area contributed by atoms with Crippen LogP contribution in [0, 0.1) is 5.82 Å². The molecule has 1 aliphatic heterocycles. The second-order valence-electron chi connectivity index (χ2n) is 5.31. The van der Waals surface area contributed by atoms with Gasteiger partial charge in [0.15, 0.2) is 0 Å². The molecule has 1 atom stereocenters. The van der Waals surface area contributed by atoms with Crippen molar-refractivity contribution in [2.24, 2.45) is 0 Å². The summed E-state index contributed by atoms with van der Waals surface area (Å²) in [4.78, 5) is 0. The van der Waals surface area contributed by atoms with Crippen LogP contribution >= 0.6 is 0 Å². The fourth-order valence-electron chi connectivity index (χ4n) is 2.21. The predicted molar refractivity (Wildman–Crippen MR) is 71.5 cm³/mol. The van der Waals surface area contributed by atoms with Crippen molar-refractivity contribution in [3.05, 3.63) is 41.6 Å². The summed E-state index contributed by atoms with van der Waals surface area (Å²) in [6, 6.07) is 6.33. The van der Waals surface area contributed by atoms with Gasteiger partial charge in [0, 0.05) is 6.10 Å². The molecule has 1 fully saturated rings. The standard InChI is InChI=1S/C14H18BFO2/c1-11-10-14(2,3)18-15(17-11)9-8-12-4-6-13(16)7-5-12/h4-9,11H,10H2,1-3H3/b9-8+. The van der Waals surface area contributed by atoms with Gasteiger partial charge in [-0.3, -0.25) is 0 Å². The topological polar surface area (TPSA) is 18.5 Å². The van der Waals surface area contributed by atoms with E-state index in [4.69, 9.17) is 9.31 Å². The minimum Gasteiger partial charge on any atom is -0.405 e. The Morgan fingerprint density at radius 2 is 2.00 bits per heavy atom. The summed E-state index contributed by atoms with van der Waals surface area (Å²) >= 11 is 0. The zero-order valence-corrected chi connectivity index (χ0v) is 11.0. The third-order valence-electron chi connectivity index (χ3n) is 2.90. The van der Waals surface area contributed by atoms with Crippen molar-refractivity contribution >= 4 is 13.2 Å². The molecule has 0 aromatic heterocycles. The summed E-state index contributed by atoms with van der Waals surface area (Å²) in [5, 5.41) is 0. The van der Waals surface area contributed by atoms with Crippen LogP contribution < -0.4 is 0 Å². The van der Waals surface area contributed by atoms with Crippen molar-refractivity contribution in [3.63, 3.8) is 0 Å². The first kappa shape index (κ1) is 13.3.